The van der Waals surface area contributed by atoms with Gasteiger partial charge in [-0.25, -0.2) is 8.78 Å². The molecule has 3 rings (SSSR count). The van der Waals surface area contributed by atoms with Crippen LogP contribution in [0.2, 0.25) is 0 Å². The highest BCUT2D eigenvalue weighted by Crippen LogP contribution is 2.20. The lowest BCUT2D eigenvalue weighted by atomic mass is 10.0. The molecule has 2 aliphatic heterocycles. The third-order valence-corrected chi connectivity index (χ3v) is 4.41. The predicted octanol–water partition coefficient (Wildman–Crippen LogP) is 1.42. The highest BCUT2D eigenvalue weighted by atomic mass is 35.5. The molecule has 0 radical (unpaired) electrons. The Morgan fingerprint density at radius 1 is 1.25 bits per heavy atom. The van der Waals surface area contributed by atoms with Crippen LogP contribution in [0.3, 0.4) is 0 Å². The summed E-state index contributed by atoms with van der Waals surface area (Å²) in [5.74, 6) is -1.98. The average Bonchev–Trinajstić information content (AvgIpc) is 2.55. The molecule has 2 heterocycles. The Morgan fingerprint density at radius 3 is 2.75 bits per heavy atom. The van der Waals surface area contributed by atoms with E-state index in [1.807, 2.05) is 0 Å². The van der Waals surface area contributed by atoms with E-state index >= 15 is 0 Å². The number of nitrogens with zero attached hydrogens (tertiary/aromatic N) is 2. The number of carbonyl (C=O) groups is 2. The molecular formula is C16H20ClF2N3O2. The molecule has 1 aromatic carbocycles. The average molecular weight is 360 g/mol. The zero-order chi connectivity index (χ0) is 16.4. The van der Waals surface area contributed by atoms with Crippen LogP contribution in [0.25, 0.3) is 0 Å². The summed E-state index contributed by atoms with van der Waals surface area (Å²) in [7, 11) is 0. The van der Waals surface area contributed by atoms with Gasteiger partial charge < -0.3 is 15.1 Å². The number of piperidine rings is 1. The zero-order valence-corrected chi connectivity index (χ0v) is 14.0. The van der Waals surface area contributed by atoms with Gasteiger partial charge in [0, 0.05) is 38.3 Å². The minimum atomic E-state index is -0.852. The first-order valence-corrected chi connectivity index (χ1v) is 7.81. The first-order chi connectivity index (χ1) is 11.1. The lowest BCUT2D eigenvalue weighted by molar-refractivity contribution is -0.135. The smallest absolute Gasteiger partial charge is 0.256 e. The Balaban J connectivity index is 0.00000208. The van der Waals surface area contributed by atoms with Gasteiger partial charge >= 0.3 is 0 Å². The van der Waals surface area contributed by atoms with Crippen LogP contribution in [-0.2, 0) is 4.79 Å². The van der Waals surface area contributed by atoms with Crippen LogP contribution >= 0.6 is 12.4 Å². The summed E-state index contributed by atoms with van der Waals surface area (Å²) in [6.07, 6.45) is 1.60. The highest BCUT2D eigenvalue weighted by molar-refractivity contribution is 5.94. The monoisotopic (exact) mass is 359 g/mol. The number of carbonyl (C=O) groups excluding carboxylic acids is 2. The fourth-order valence-electron chi connectivity index (χ4n) is 3.23. The Labute approximate surface area is 145 Å². The van der Waals surface area contributed by atoms with E-state index in [2.05, 4.69) is 5.32 Å². The van der Waals surface area contributed by atoms with Gasteiger partial charge in [-0.15, -0.1) is 12.4 Å². The molecule has 0 saturated carbocycles. The molecule has 2 aliphatic rings. The summed E-state index contributed by atoms with van der Waals surface area (Å²) in [6.45, 7) is 2.59. The molecule has 1 aromatic rings. The second kappa shape index (κ2) is 7.90. The molecule has 1 atom stereocenters. The van der Waals surface area contributed by atoms with Gasteiger partial charge in [-0.2, -0.15) is 0 Å². The maximum atomic E-state index is 13.8. The van der Waals surface area contributed by atoms with E-state index in [0.717, 1.165) is 25.5 Å². The molecule has 8 heteroatoms. The largest absolute Gasteiger partial charge is 0.336 e. The van der Waals surface area contributed by atoms with E-state index in [1.165, 1.54) is 6.07 Å². The van der Waals surface area contributed by atoms with Crippen molar-refractivity contribution in [1.82, 2.24) is 15.1 Å². The van der Waals surface area contributed by atoms with Crippen LogP contribution in [-0.4, -0.2) is 60.4 Å². The second-order valence-corrected chi connectivity index (χ2v) is 5.94. The standard InChI is InChI=1S/C16H19F2N3O2.ClH/c17-11-3-4-13(14(18)8-11)16(23)20-6-1-2-12(10-20)21-7-5-19-9-15(21)22;/h3-4,8,12,19H,1-2,5-7,9-10H2;1H. The lowest BCUT2D eigenvalue weighted by Crippen LogP contribution is -2.57. The van der Waals surface area contributed by atoms with Crippen LogP contribution in [0.4, 0.5) is 8.78 Å². The summed E-state index contributed by atoms with van der Waals surface area (Å²) < 4.78 is 26.8. The van der Waals surface area contributed by atoms with Gasteiger partial charge in [0.05, 0.1) is 12.1 Å². The summed E-state index contributed by atoms with van der Waals surface area (Å²) in [5, 5.41) is 3.02. The van der Waals surface area contributed by atoms with Crippen LogP contribution in [0.15, 0.2) is 18.2 Å². The maximum Gasteiger partial charge on any atom is 0.256 e. The number of halogens is 3. The molecule has 132 valence electrons. The number of hydrogen-bond acceptors (Lipinski definition) is 3. The molecular weight excluding hydrogens is 340 g/mol. The van der Waals surface area contributed by atoms with E-state index in [-0.39, 0.29) is 29.9 Å². The normalized spacial score (nSPS) is 21.4. The molecule has 0 bridgehead atoms. The van der Waals surface area contributed by atoms with Crippen molar-refractivity contribution < 1.29 is 18.4 Å². The van der Waals surface area contributed by atoms with E-state index in [1.54, 1.807) is 9.80 Å². The third-order valence-electron chi connectivity index (χ3n) is 4.41. The second-order valence-electron chi connectivity index (χ2n) is 5.94. The molecule has 0 aromatic heterocycles. The number of rotatable bonds is 2. The molecule has 1 N–H and O–H groups in total. The molecule has 2 amide bonds. The van der Waals surface area contributed by atoms with Gasteiger partial charge in [-0.05, 0) is 25.0 Å². The van der Waals surface area contributed by atoms with Crippen molar-refractivity contribution in [3.63, 3.8) is 0 Å². The lowest BCUT2D eigenvalue weighted by Gasteiger charge is -2.41. The van der Waals surface area contributed by atoms with Crippen molar-refractivity contribution in [2.24, 2.45) is 0 Å². The van der Waals surface area contributed by atoms with Crippen LogP contribution in [0.5, 0.6) is 0 Å². The highest BCUT2D eigenvalue weighted by Gasteiger charge is 2.32. The fourth-order valence-corrected chi connectivity index (χ4v) is 3.23. The van der Waals surface area contributed by atoms with Gasteiger partial charge in [0.15, 0.2) is 0 Å². The van der Waals surface area contributed by atoms with Crippen LogP contribution in [0.1, 0.15) is 23.2 Å². The van der Waals surface area contributed by atoms with Crippen molar-refractivity contribution in [1.29, 1.82) is 0 Å². The van der Waals surface area contributed by atoms with Gasteiger partial charge in [-0.1, -0.05) is 0 Å². The number of amides is 2. The van der Waals surface area contributed by atoms with E-state index in [0.29, 0.717) is 32.2 Å². The SMILES string of the molecule is Cl.O=C(c1ccc(F)cc1F)N1CCCC(N2CCNCC2=O)C1. The topological polar surface area (TPSA) is 52.7 Å². The van der Waals surface area contributed by atoms with E-state index < -0.39 is 17.5 Å². The van der Waals surface area contributed by atoms with Crippen molar-refractivity contribution in [3.8, 4) is 0 Å². The molecule has 24 heavy (non-hydrogen) atoms. The third kappa shape index (κ3) is 3.84. The van der Waals surface area contributed by atoms with Crippen molar-refractivity contribution in [3.05, 3.63) is 35.4 Å². The zero-order valence-electron chi connectivity index (χ0n) is 13.1. The molecule has 1 unspecified atom stereocenters. The minimum Gasteiger partial charge on any atom is -0.336 e. The number of benzene rings is 1. The van der Waals surface area contributed by atoms with Crippen molar-refractivity contribution in [2.75, 3.05) is 32.7 Å². The maximum absolute atomic E-state index is 13.8. The van der Waals surface area contributed by atoms with Gasteiger partial charge in [0.25, 0.3) is 5.91 Å². The van der Waals surface area contributed by atoms with Crippen molar-refractivity contribution >= 4 is 24.2 Å². The number of likely N-dealkylation sites (tertiary alicyclic amines) is 1. The summed E-state index contributed by atoms with van der Waals surface area (Å²) >= 11 is 0. The first kappa shape index (κ1) is 18.6. The molecule has 0 spiro atoms. The summed E-state index contributed by atoms with van der Waals surface area (Å²) in [6, 6.07) is 2.93. The van der Waals surface area contributed by atoms with E-state index in [4.69, 9.17) is 0 Å². The fraction of sp³-hybridized carbons (Fsp3) is 0.500. The van der Waals surface area contributed by atoms with Crippen LogP contribution in [0, 0.1) is 11.6 Å². The molecule has 0 aliphatic carbocycles. The first-order valence-electron chi connectivity index (χ1n) is 7.81. The molecule has 5 nitrogen and oxygen atoms in total. The predicted molar refractivity (Wildman–Crippen MR) is 87.1 cm³/mol. The molecule has 2 saturated heterocycles. The number of nitrogens with one attached hydrogen (secondary N) is 1. The Kier molecular flexibility index (Phi) is 6.12. The van der Waals surface area contributed by atoms with Crippen molar-refractivity contribution in [2.45, 2.75) is 18.9 Å². The van der Waals surface area contributed by atoms with E-state index in [9.17, 15) is 18.4 Å². The summed E-state index contributed by atoms with van der Waals surface area (Å²) in [4.78, 5) is 27.8. The summed E-state index contributed by atoms with van der Waals surface area (Å²) in [5.41, 5.74) is -0.126. The van der Waals surface area contributed by atoms with Gasteiger partial charge in [0.2, 0.25) is 5.91 Å². The Bertz CT molecular complexity index is 629. The minimum absolute atomic E-state index is 0. The Hall–Kier alpha value is -1.73. The van der Waals surface area contributed by atoms with Crippen LogP contribution < -0.4 is 5.32 Å². The molecule has 2 fully saturated rings. The Morgan fingerprint density at radius 2 is 2.04 bits per heavy atom. The van der Waals surface area contributed by atoms with Gasteiger partial charge in [-0.3, -0.25) is 9.59 Å². The number of hydrogen-bond donors (Lipinski definition) is 1. The quantitative estimate of drug-likeness (QED) is 0.869. The van der Waals surface area contributed by atoms with Gasteiger partial charge in [0.1, 0.15) is 11.6 Å². The number of piperazine rings is 1.